The van der Waals surface area contributed by atoms with Crippen molar-refractivity contribution >= 4 is 23.4 Å². The maximum Gasteiger partial charge on any atom is 0.353 e. The number of rotatable bonds is 4. The SMILES string of the molecule is O=C(O)c1cc(NC(=O)c2ccccc2[N+](=O)[O-])n[nH]1. The molecule has 1 aromatic heterocycles. The molecule has 9 heteroatoms. The van der Waals surface area contributed by atoms with E-state index in [4.69, 9.17) is 5.11 Å². The Hall–Kier alpha value is -3.23. The van der Waals surface area contributed by atoms with Crippen molar-refractivity contribution < 1.29 is 19.6 Å². The smallest absolute Gasteiger partial charge is 0.353 e. The highest BCUT2D eigenvalue weighted by atomic mass is 16.6. The van der Waals surface area contributed by atoms with Gasteiger partial charge in [0, 0.05) is 12.1 Å². The number of carboxylic acid groups (broad SMARTS) is 1. The first-order valence-electron chi connectivity index (χ1n) is 5.32. The third kappa shape index (κ3) is 2.61. The van der Waals surface area contributed by atoms with Crippen LogP contribution < -0.4 is 5.32 Å². The fourth-order valence-electron chi connectivity index (χ4n) is 1.50. The number of carbonyl (C=O) groups is 2. The van der Waals surface area contributed by atoms with E-state index in [2.05, 4.69) is 15.5 Å². The van der Waals surface area contributed by atoms with E-state index in [0.29, 0.717) is 0 Å². The number of benzene rings is 1. The van der Waals surface area contributed by atoms with Gasteiger partial charge in [-0.25, -0.2) is 4.79 Å². The molecule has 2 rings (SSSR count). The fourth-order valence-corrected chi connectivity index (χ4v) is 1.50. The lowest BCUT2D eigenvalue weighted by Crippen LogP contribution is -2.14. The van der Waals surface area contributed by atoms with Gasteiger partial charge in [0.2, 0.25) is 0 Å². The second kappa shape index (κ2) is 5.18. The van der Waals surface area contributed by atoms with E-state index in [9.17, 15) is 19.7 Å². The van der Waals surface area contributed by atoms with Crippen molar-refractivity contribution in [3.63, 3.8) is 0 Å². The zero-order valence-electron chi connectivity index (χ0n) is 9.86. The number of carbonyl (C=O) groups excluding carboxylic acids is 1. The number of nitro groups is 1. The fraction of sp³-hybridized carbons (Fsp3) is 0. The summed E-state index contributed by atoms with van der Waals surface area (Å²) in [6, 6.07) is 6.51. The van der Waals surface area contributed by atoms with E-state index in [1.165, 1.54) is 24.3 Å². The first-order chi connectivity index (χ1) is 9.49. The molecule has 0 bridgehead atoms. The molecular formula is C11H8N4O5. The van der Waals surface area contributed by atoms with Crippen LogP contribution in [0.25, 0.3) is 0 Å². The Balaban J connectivity index is 2.24. The number of aromatic carboxylic acids is 1. The summed E-state index contributed by atoms with van der Waals surface area (Å²) in [6.45, 7) is 0. The molecule has 0 radical (unpaired) electrons. The third-order valence-electron chi connectivity index (χ3n) is 2.40. The monoisotopic (exact) mass is 276 g/mol. The van der Waals surface area contributed by atoms with Crippen LogP contribution in [0.4, 0.5) is 11.5 Å². The minimum absolute atomic E-state index is 0.0365. The first kappa shape index (κ1) is 13.2. The second-order valence-electron chi connectivity index (χ2n) is 3.70. The van der Waals surface area contributed by atoms with E-state index >= 15 is 0 Å². The number of hydrogen-bond acceptors (Lipinski definition) is 5. The summed E-state index contributed by atoms with van der Waals surface area (Å²) in [5, 5.41) is 27.5. The van der Waals surface area contributed by atoms with Crippen molar-refractivity contribution in [3.8, 4) is 0 Å². The molecule has 0 spiro atoms. The van der Waals surface area contributed by atoms with Crippen LogP contribution in [0.5, 0.6) is 0 Å². The van der Waals surface area contributed by atoms with Gasteiger partial charge in [-0.05, 0) is 6.07 Å². The maximum absolute atomic E-state index is 11.9. The zero-order valence-corrected chi connectivity index (χ0v) is 9.86. The van der Waals surface area contributed by atoms with Gasteiger partial charge in [-0.15, -0.1) is 0 Å². The normalized spacial score (nSPS) is 10.0. The molecule has 0 saturated heterocycles. The topological polar surface area (TPSA) is 138 Å². The summed E-state index contributed by atoms with van der Waals surface area (Å²) in [4.78, 5) is 32.7. The molecule has 9 nitrogen and oxygen atoms in total. The van der Waals surface area contributed by atoms with Crippen molar-refractivity contribution in [2.24, 2.45) is 0 Å². The van der Waals surface area contributed by atoms with Gasteiger partial charge in [0.1, 0.15) is 11.3 Å². The van der Waals surface area contributed by atoms with Crippen molar-refractivity contribution in [2.75, 3.05) is 5.32 Å². The van der Waals surface area contributed by atoms with Gasteiger partial charge in [-0.2, -0.15) is 5.10 Å². The maximum atomic E-state index is 11.9. The molecule has 0 aliphatic heterocycles. The van der Waals surface area contributed by atoms with Crippen molar-refractivity contribution in [2.45, 2.75) is 0 Å². The largest absolute Gasteiger partial charge is 0.477 e. The summed E-state index contributed by atoms with van der Waals surface area (Å²) in [5.74, 6) is -2.02. The number of aromatic amines is 1. The molecule has 0 saturated carbocycles. The van der Waals surface area contributed by atoms with Gasteiger partial charge >= 0.3 is 5.97 Å². The van der Waals surface area contributed by atoms with Gasteiger partial charge in [-0.3, -0.25) is 20.0 Å². The van der Waals surface area contributed by atoms with Gasteiger partial charge in [-0.1, -0.05) is 12.1 Å². The van der Waals surface area contributed by atoms with E-state index < -0.39 is 16.8 Å². The van der Waals surface area contributed by atoms with E-state index in [0.717, 1.165) is 6.07 Å². The summed E-state index contributed by atoms with van der Waals surface area (Å²) in [6.07, 6.45) is 0. The van der Waals surface area contributed by atoms with Crippen LogP contribution in [0.1, 0.15) is 20.8 Å². The lowest BCUT2D eigenvalue weighted by molar-refractivity contribution is -0.385. The van der Waals surface area contributed by atoms with E-state index in [1.807, 2.05) is 0 Å². The summed E-state index contributed by atoms with van der Waals surface area (Å²) in [7, 11) is 0. The van der Waals surface area contributed by atoms with Crippen LogP contribution in [0.15, 0.2) is 30.3 Å². The highest BCUT2D eigenvalue weighted by molar-refractivity contribution is 6.06. The lowest BCUT2D eigenvalue weighted by Gasteiger charge is -2.02. The predicted molar refractivity (Wildman–Crippen MR) is 66.6 cm³/mol. The Morgan fingerprint density at radius 1 is 1.35 bits per heavy atom. The Morgan fingerprint density at radius 3 is 2.65 bits per heavy atom. The van der Waals surface area contributed by atoms with Crippen LogP contribution in [0.2, 0.25) is 0 Å². The number of para-hydroxylation sites is 1. The van der Waals surface area contributed by atoms with Gasteiger partial charge in [0.05, 0.1) is 4.92 Å². The summed E-state index contributed by atoms with van der Waals surface area (Å²) >= 11 is 0. The van der Waals surface area contributed by atoms with E-state index in [1.54, 1.807) is 0 Å². The molecule has 0 aliphatic rings. The molecule has 2 aromatic rings. The number of aromatic nitrogens is 2. The summed E-state index contributed by atoms with van der Waals surface area (Å²) < 4.78 is 0. The standard InChI is InChI=1S/C11H8N4O5/c16-10(6-3-1-2-4-8(6)15(19)20)12-9-5-7(11(17)18)13-14-9/h1-5H,(H,17,18)(H2,12,13,14,16). The first-order valence-corrected chi connectivity index (χ1v) is 5.32. The molecule has 0 aliphatic carbocycles. The number of anilines is 1. The molecule has 20 heavy (non-hydrogen) atoms. The number of amides is 1. The van der Waals surface area contributed by atoms with Crippen molar-refractivity contribution in [3.05, 3.63) is 51.7 Å². The van der Waals surface area contributed by atoms with Crippen molar-refractivity contribution in [1.29, 1.82) is 0 Å². The Labute approximate surface area is 111 Å². The van der Waals surface area contributed by atoms with Crippen LogP contribution in [0, 0.1) is 10.1 Å². The molecule has 0 fully saturated rings. The van der Waals surface area contributed by atoms with Gasteiger partial charge in [0.15, 0.2) is 5.82 Å². The molecule has 1 aromatic carbocycles. The zero-order chi connectivity index (χ0) is 14.7. The van der Waals surface area contributed by atoms with Gasteiger partial charge in [0.25, 0.3) is 11.6 Å². The summed E-state index contributed by atoms with van der Waals surface area (Å²) in [5.41, 5.74) is -0.695. The predicted octanol–water partition coefficient (Wildman–Crippen LogP) is 1.27. The van der Waals surface area contributed by atoms with Crippen LogP contribution >= 0.6 is 0 Å². The van der Waals surface area contributed by atoms with Crippen molar-refractivity contribution in [1.82, 2.24) is 10.2 Å². The highest BCUT2D eigenvalue weighted by Gasteiger charge is 2.20. The number of nitrogens with zero attached hydrogens (tertiary/aromatic N) is 2. The number of hydrogen-bond donors (Lipinski definition) is 3. The van der Waals surface area contributed by atoms with Crippen LogP contribution in [0.3, 0.4) is 0 Å². The number of H-pyrrole nitrogens is 1. The lowest BCUT2D eigenvalue weighted by atomic mass is 10.1. The number of nitro benzene ring substituents is 1. The Bertz CT molecular complexity index is 694. The van der Waals surface area contributed by atoms with Crippen LogP contribution in [-0.2, 0) is 0 Å². The quantitative estimate of drug-likeness (QED) is 0.567. The van der Waals surface area contributed by atoms with E-state index in [-0.39, 0.29) is 22.8 Å². The Kier molecular flexibility index (Phi) is 3.42. The van der Waals surface area contributed by atoms with Gasteiger partial charge < -0.3 is 10.4 Å². The molecule has 0 atom stereocenters. The molecule has 0 unspecified atom stereocenters. The Morgan fingerprint density at radius 2 is 2.05 bits per heavy atom. The minimum Gasteiger partial charge on any atom is -0.477 e. The minimum atomic E-state index is -1.23. The van der Waals surface area contributed by atoms with Crippen LogP contribution in [-0.4, -0.2) is 32.1 Å². The molecule has 1 amide bonds. The number of nitrogens with one attached hydrogen (secondary N) is 2. The molecule has 102 valence electrons. The third-order valence-corrected chi connectivity index (χ3v) is 2.40. The highest BCUT2D eigenvalue weighted by Crippen LogP contribution is 2.19. The molecule has 3 N–H and O–H groups in total. The molecular weight excluding hydrogens is 268 g/mol. The average molecular weight is 276 g/mol. The number of carboxylic acids is 1. The average Bonchev–Trinajstić information content (AvgIpc) is 2.87. The molecule has 1 heterocycles. The second-order valence-corrected chi connectivity index (χ2v) is 3.70.